The number of hydrogen-bond acceptors (Lipinski definition) is 3. The van der Waals surface area contributed by atoms with Crippen LogP contribution in [0.5, 0.6) is 0 Å². The molecule has 0 bridgehead atoms. The standard InChI is InChI=1S/C16H21N3O2/c1-19(13-7-5-11(10-20)6-8-13)16(21)14-4-2-3-12-9-17-18-15(12)14/h2-4,9,11,13,20H,5-8,10H2,1H3,(H,17,18). The van der Waals surface area contributed by atoms with Crippen LogP contribution in [0.25, 0.3) is 10.9 Å². The van der Waals surface area contributed by atoms with E-state index in [4.69, 9.17) is 0 Å². The lowest BCUT2D eigenvalue weighted by atomic mass is 9.86. The highest BCUT2D eigenvalue weighted by Gasteiger charge is 2.27. The molecular formula is C16H21N3O2. The molecule has 1 aliphatic carbocycles. The second-order valence-electron chi connectivity index (χ2n) is 5.91. The lowest BCUT2D eigenvalue weighted by Crippen LogP contribution is -2.40. The van der Waals surface area contributed by atoms with Crippen LogP contribution in [-0.4, -0.2) is 45.8 Å². The Bertz CT molecular complexity index is 629. The molecule has 3 rings (SSSR count). The van der Waals surface area contributed by atoms with E-state index in [1.165, 1.54) is 0 Å². The van der Waals surface area contributed by atoms with Crippen LogP contribution in [0.3, 0.4) is 0 Å². The van der Waals surface area contributed by atoms with Crippen molar-refractivity contribution < 1.29 is 9.90 Å². The summed E-state index contributed by atoms with van der Waals surface area (Å²) in [6, 6.07) is 5.95. The van der Waals surface area contributed by atoms with E-state index in [0.717, 1.165) is 36.6 Å². The molecule has 0 radical (unpaired) electrons. The van der Waals surface area contributed by atoms with Crippen molar-refractivity contribution >= 4 is 16.8 Å². The van der Waals surface area contributed by atoms with Gasteiger partial charge in [-0.25, -0.2) is 0 Å². The Morgan fingerprint density at radius 2 is 2.14 bits per heavy atom. The number of nitrogens with one attached hydrogen (secondary N) is 1. The van der Waals surface area contributed by atoms with Crippen molar-refractivity contribution in [1.29, 1.82) is 0 Å². The summed E-state index contributed by atoms with van der Waals surface area (Å²) in [6.45, 7) is 0.262. The van der Waals surface area contributed by atoms with Gasteiger partial charge in [0, 0.05) is 25.1 Å². The SMILES string of the molecule is CN(C(=O)c1cccc2cn[nH]c12)C1CCC(CO)CC1. The molecule has 2 aromatic rings. The minimum Gasteiger partial charge on any atom is -0.396 e. The van der Waals surface area contributed by atoms with Crippen LogP contribution in [-0.2, 0) is 0 Å². The topological polar surface area (TPSA) is 69.2 Å². The molecule has 1 aliphatic rings. The number of aliphatic hydroxyl groups excluding tert-OH is 1. The molecule has 0 saturated heterocycles. The first-order chi connectivity index (χ1) is 10.2. The maximum absolute atomic E-state index is 12.7. The number of nitrogens with zero attached hydrogens (tertiary/aromatic N) is 2. The van der Waals surface area contributed by atoms with Gasteiger partial charge in [0.25, 0.3) is 5.91 Å². The van der Waals surface area contributed by atoms with Crippen molar-refractivity contribution in [1.82, 2.24) is 15.1 Å². The number of amides is 1. The Kier molecular flexibility index (Phi) is 3.92. The summed E-state index contributed by atoms with van der Waals surface area (Å²) >= 11 is 0. The van der Waals surface area contributed by atoms with Gasteiger partial charge in [0.1, 0.15) is 0 Å². The monoisotopic (exact) mass is 287 g/mol. The van der Waals surface area contributed by atoms with Gasteiger partial charge in [-0.1, -0.05) is 12.1 Å². The number of aliphatic hydroxyl groups is 1. The fourth-order valence-electron chi connectivity index (χ4n) is 3.22. The molecule has 1 heterocycles. The van der Waals surface area contributed by atoms with Crippen LogP contribution >= 0.6 is 0 Å². The molecule has 5 nitrogen and oxygen atoms in total. The molecule has 0 spiro atoms. The quantitative estimate of drug-likeness (QED) is 0.909. The lowest BCUT2D eigenvalue weighted by molar-refractivity contribution is 0.0654. The number of H-pyrrole nitrogens is 1. The Labute approximate surface area is 124 Å². The second-order valence-corrected chi connectivity index (χ2v) is 5.91. The van der Waals surface area contributed by atoms with E-state index in [1.54, 1.807) is 6.20 Å². The predicted molar refractivity (Wildman–Crippen MR) is 81.0 cm³/mol. The molecule has 0 unspecified atom stereocenters. The van der Waals surface area contributed by atoms with Gasteiger partial charge in [-0.15, -0.1) is 0 Å². The number of benzene rings is 1. The van der Waals surface area contributed by atoms with Crippen molar-refractivity contribution in [3.05, 3.63) is 30.0 Å². The molecule has 1 amide bonds. The van der Waals surface area contributed by atoms with Crippen LogP contribution in [0.15, 0.2) is 24.4 Å². The Balaban J connectivity index is 1.77. The third kappa shape index (κ3) is 2.65. The zero-order valence-electron chi connectivity index (χ0n) is 12.2. The highest BCUT2D eigenvalue weighted by molar-refractivity contribution is 6.05. The van der Waals surface area contributed by atoms with E-state index in [-0.39, 0.29) is 18.6 Å². The van der Waals surface area contributed by atoms with Crippen LogP contribution in [0.4, 0.5) is 0 Å². The number of carbonyl (C=O) groups excluding carboxylic acids is 1. The smallest absolute Gasteiger partial charge is 0.256 e. The second kappa shape index (κ2) is 5.85. The fraction of sp³-hybridized carbons (Fsp3) is 0.500. The maximum atomic E-state index is 12.7. The first kappa shape index (κ1) is 14.1. The molecule has 5 heteroatoms. The summed E-state index contributed by atoms with van der Waals surface area (Å²) in [5.41, 5.74) is 1.48. The summed E-state index contributed by atoms with van der Waals surface area (Å²) in [7, 11) is 1.88. The molecule has 2 N–H and O–H groups in total. The molecule has 0 aliphatic heterocycles. The zero-order valence-corrected chi connectivity index (χ0v) is 12.2. The average Bonchev–Trinajstić information content (AvgIpc) is 3.02. The summed E-state index contributed by atoms with van der Waals surface area (Å²) in [4.78, 5) is 14.6. The summed E-state index contributed by atoms with van der Waals surface area (Å²) < 4.78 is 0. The summed E-state index contributed by atoms with van der Waals surface area (Å²) in [6.07, 6.45) is 5.65. The lowest BCUT2D eigenvalue weighted by Gasteiger charge is -2.34. The minimum absolute atomic E-state index is 0.0392. The van der Waals surface area contributed by atoms with Crippen LogP contribution < -0.4 is 0 Å². The number of para-hydroxylation sites is 1. The van der Waals surface area contributed by atoms with Gasteiger partial charge in [0.05, 0.1) is 17.3 Å². The minimum atomic E-state index is 0.0392. The van der Waals surface area contributed by atoms with Gasteiger partial charge in [0.15, 0.2) is 0 Å². The number of carbonyl (C=O) groups is 1. The highest BCUT2D eigenvalue weighted by atomic mass is 16.3. The van der Waals surface area contributed by atoms with E-state index in [1.807, 2.05) is 30.1 Å². The third-order valence-electron chi connectivity index (χ3n) is 4.65. The van der Waals surface area contributed by atoms with E-state index in [0.29, 0.717) is 11.5 Å². The maximum Gasteiger partial charge on any atom is 0.256 e. The van der Waals surface area contributed by atoms with Crippen LogP contribution in [0, 0.1) is 5.92 Å². The van der Waals surface area contributed by atoms with Crippen molar-refractivity contribution in [2.75, 3.05) is 13.7 Å². The molecular weight excluding hydrogens is 266 g/mol. The molecule has 1 saturated carbocycles. The Hall–Kier alpha value is -1.88. The molecule has 1 aromatic heterocycles. The zero-order chi connectivity index (χ0) is 14.8. The van der Waals surface area contributed by atoms with Gasteiger partial charge in [0.2, 0.25) is 0 Å². The van der Waals surface area contributed by atoms with E-state index < -0.39 is 0 Å². The van der Waals surface area contributed by atoms with Gasteiger partial charge in [-0.3, -0.25) is 9.89 Å². The summed E-state index contributed by atoms with van der Waals surface area (Å²) in [5, 5.41) is 17.1. The third-order valence-corrected chi connectivity index (χ3v) is 4.65. The van der Waals surface area contributed by atoms with Crippen molar-refractivity contribution in [2.24, 2.45) is 5.92 Å². The van der Waals surface area contributed by atoms with E-state index >= 15 is 0 Å². The molecule has 21 heavy (non-hydrogen) atoms. The average molecular weight is 287 g/mol. The normalized spacial score (nSPS) is 22.4. The first-order valence-electron chi connectivity index (χ1n) is 7.51. The Morgan fingerprint density at radius 1 is 1.38 bits per heavy atom. The van der Waals surface area contributed by atoms with E-state index in [9.17, 15) is 9.90 Å². The fourth-order valence-corrected chi connectivity index (χ4v) is 3.22. The van der Waals surface area contributed by atoms with E-state index in [2.05, 4.69) is 10.2 Å². The largest absolute Gasteiger partial charge is 0.396 e. The first-order valence-corrected chi connectivity index (χ1v) is 7.51. The number of rotatable bonds is 3. The van der Waals surface area contributed by atoms with Crippen molar-refractivity contribution in [2.45, 2.75) is 31.7 Å². The molecule has 1 aromatic carbocycles. The van der Waals surface area contributed by atoms with Gasteiger partial charge in [-0.2, -0.15) is 5.10 Å². The molecule has 1 fully saturated rings. The van der Waals surface area contributed by atoms with Crippen LogP contribution in [0.1, 0.15) is 36.0 Å². The van der Waals surface area contributed by atoms with Crippen molar-refractivity contribution in [3.8, 4) is 0 Å². The molecule has 0 atom stereocenters. The molecule has 112 valence electrons. The van der Waals surface area contributed by atoms with Gasteiger partial charge >= 0.3 is 0 Å². The van der Waals surface area contributed by atoms with Crippen LogP contribution in [0.2, 0.25) is 0 Å². The van der Waals surface area contributed by atoms with Crippen molar-refractivity contribution in [3.63, 3.8) is 0 Å². The highest BCUT2D eigenvalue weighted by Crippen LogP contribution is 2.28. The number of fused-ring (bicyclic) bond motifs is 1. The Morgan fingerprint density at radius 3 is 2.86 bits per heavy atom. The summed E-state index contributed by atoms with van der Waals surface area (Å²) in [5.74, 6) is 0.443. The number of aromatic amines is 1. The number of hydrogen-bond donors (Lipinski definition) is 2. The number of aromatic nitrogens is 2. The van der Waals surface area contributed by atoms with Gasteiger partial charge in [-0.05, 0) is 37.7 Å². The van der Waals surface area contributed by atoms with Gasteiger partial charge < -0.3 is 10.0 Å². The predicted octanol–water partition coefficient (Wildman–Crippen LogP) is 2.19.